The van der Waals surface area contributed by atoms with E-state index >= 15 is 0 Å². The van der Waals surface area contributed by atoms with Crippen molar-refractivity contribution in [3.8, 4) is 0 Å². The zero-order valence-corrected chi connectivity index (χ0v) is 13.6. The molecule has 22 heavy (non-hydrogen) atoms. The van der Waals surface area contributed by atoms with E-state index < -0.39 is 0 Å². The Morgan fingerprint density at radius 3 is 2.45 bits per heavy atom. The Morgan fingerprint density at radius 1 is 1.18 bits per heavy atom. The highest BCUT2D eigenvalue weighted by atomic mass is 16.2. The predicted octanol–water partition coefficient (Wildman–Crippen LogP) is 2.87. The van der Waals surface area contributed by atoms with Crippen molar-refractivity contribution >= 4 is 11.9 Å². The molecule has 1 saturated heterocycles. The number of carbonyl (C=O) groups is 1. The first-order valence-electron chi connectivity index (χ1n) is 8.58. The molecule has 0 spiro atoms. The first-order valence-corrected chi connectivity index (χ1v) is 8.58. The van der Waals surface area contributed by atoms with Gasteiger partial charge in [0.25, 0.3) is 5.91 Å². The molecule has 1 aliphatic heterocycles. The Balaban J connectivity index is 1.86. The van der Waals surface area contributed by atoms with Gasteiger partial charge in [0.15, 0.2) is 0 Å². The van der Waals surface area contributed by atoms with Gasteiger partial charge >= 0.3 is 0 Å². The molecule has 2 heterocycles. The van der Waals surface area contributed by atoms with Gasteiger partial charge in [-0.05, 0) is 37.7 Å². The quantitative estimate of drug-likeness (QED) is 0.929. The minimum absolute atomic E-state index is 0.0529. The molecule has 120 valence electrons. The van der Waals surface area contributed by atoms with Crippen LogP contribution in [0.1, 0.15) is 74.5 Å². The molecule has 0 radical (unpaired) electrons. The molecule has 1 aromatic rings. The van der Waals surface area contributed by atoms with Crippen LogP contribution in [0.5, 0.6) is 0 Å². The van der Waals surface area contributed by atoms with Crippen molar-refractivity contribution in [3.63, 3.8) is 0 Å². The zero-order chi connectivity index (χ0) is 15.5. The van der Waals surface area contributed by atoms with Crippen molar-refractivity contribution in [1.82, 2.24) is 15.3 Å². The number of nitrogens with one attached hydrogen (secondary N) is 1. The van der Waals surface area contributed by atoms with Crippen LogP contribution in [0.15, 0.2) is 6.07 Å². The summed E-state index contributed by atoms with van der Waals surface area (Å²) in [6, 6.07) is 2.20. The molecule has 0 bridgehead atoms. The number of hydrogen-bond donors (Lipinski definition) is 1. The predicted molar refractivity (Wildman–Crippen MR) is 87.3 cm³/mol. The van der Waals surface area contributed by atoms with Gasteiger partial charge in [-0.2, -0.15) is 0 Å². The molecule has 1 saturated carbocycles. The van der Waals surface area contributed by atoms with Gasteiger partial charge in [0.1, 0.15) is 5.69 Å². The fourth-order valence-electron chi connectivity index (χ4n) is 2.76. The molecule has 1 amide bonds. The van der Waals surface area contributed by atoms with Gasteiger partial charge < -0.3 is 10.2 Å². The lowest BCUT2D eigenvalue weighted by molar-refractivity contribution is 0.0946. The summed E-state index contributed by atoms with van der Waals surface area (Å²) in [6.45, 7) is 6.20. The van der Waals surface area contributed by atoms with E-state index in [1.807, 2.05) is 6.07 Å². The average molecular weight is 302 g/mol. The number of nitrogens with zero attached hydrogens (tertiary/aromatic N) is 3. The van der Waals surface area contributed by atoms with Gasteiger partial charge in [0, 0.05) is 24.8 Å². The van der Waals surface area contributed by atoms with Crippen molar-refractivity contribution in [2.24, 2.45) is 0 Å². The molecule has 5 nitrogen and oxygen atoms in total. The summed E-state index contributed by atoms with van der Waals surface area (Å²) in [5.74, 6) is 0.970. The highest BCUT2D eigenvalue weighted by Gasteiger charge is 2.25. The average Bonchev–Trinajstić information content (AvgIpc) is 3.33. The van der Waals surface area contributed by atoms with Crippen LogP contribution in [0.25, 0.3) is 0 Å². The summed E-state index contributed by atoms with van der Waals surface area (Å²) in [5, 5.41) is 3.03. The maximum atomic E-state index is 12.4. The number of amides is 1. The van der Waals surface area contributed by atoms with E-state index in [4.69, 9.17) is 4.98 Å². The third-order valence-corrected chi connectivity index (χ3v) is 4.36. The van der Waals surface area contributed by atoms with Crippen LogP contribution in [0.3, 0.4) is 0 Å². The van der Waals surface area contributed by atoms with Gasteiger partial charge in [-0.3, -0.25) is 4.79 Å². The van der Waals surface area contributed by atoms with Crippen LogP contribution in [0, 0.1) is 0 Å². The Kier molecular flexibility index (Phi) is 4.60. The van der Waals surface area contributed by atoms with Gasteiger partial charge in [-0.15, -0.1) is 0 Å². The van der Waals surface area contributed by atoms with Crippen LogP contribution >= 0.6 is 0 Å². The van der Waals surface area contributed by atoms with Gasteiger partial charge in [-0.1, -0.05) is 26.7 Å². The minimum Gasteiger partial charge on any atom is -0.348 e. The maximum Gasteiger partial charge on any atom is 0.270 e. The van der Waals surface area contributed by atoms with E-state index in [1.165, 1.54) is 25.7 Å². The fraction of sp³-hybridized carbons (Fsp3) is 0.706. The van der Waals surface area contributed by atoms with Crippen LogP contribution in [-0.4, -0.2) is 35.0 Å². The molecule has 1 N–H and O–H groups in total. The van der Waals surface area contributed by atoms with Crippen molar-refractivity contribution in [1.29, 1.82) is 0 Å². The highest BCUT2D eigenvalue weighted by molar-refractivity contribution is 5.93. The third kappa shape index (κ3) is 3.76. The Hall–Kier alpha value is -1.65. The van der Waals surface area contributed by atoms with Gasteiger partial charge in [0.2, 0.25) is 5.95 Å². The second kappa shape index (κ2) is 6.63. The summed E-state index contributed by atoms with van der Waals surface area (Å²) < 4.78 is 0. The molecule has 3 rings (SSSR count). The maximum absolute atomic E-state index is 12.4. The minimum atomic E-state index is -0.0529. The van der Waals surface area contributed by atoms with Crippen LogP contribution < -0.4 is 10.2 Å². The van der Waals surface area contributed by atoms with Crippen LogP contribution in [0.2, 0.25) is 0 Å². The first kappa shape index (κ1) is 15.3. The first-order chi connectivity index (χ1) is 10.6. The molecule has 2 aliphatic rings. The van der Waals surface area contributed by atoms with Gasteiger partial charge in [-0.25, -0.2) is 9.97 Å². The summed E-state index contributed by atoms with van der Waals surface area (Å²) in [6.07, 6.45) is 7.09. The lowest BCUT2D eigenvalue weighted by atomic mass is 10.1. The van der Waals surface area contributed by atoms with E-state index in [9.17, 15) is 4.79 Å². The summed E-state index contributed by atoms with van der Waals surface area (Å²) in [7, 11) is 0. The second-order valence-electron chi connectivity index (χ2n) is 6.78. The van der Waals surface area contributed by atoms with Crippen LogP contribution in [-0.2, 0) is 0 Å². The second-order valence-corrected chi connectivity index (χ2v) is 6.78. The van der Waals surface area contributed by atoms with E-state index in [1.54, 1.807) is 0 Å². The molecular weight excluding hydrogens is 276 g/mol. The molecular formula is C17H26N4O. The molecule has 0 aromatic carbocycles. The SMILES string of the molecule is CC(C)c1cc(C(=O)NC2CC2)nc(N2CCCCCC2)n1. The smallest absolute Gasteiger partial charge is 0.270 e. The third-order valence-electron chi connectivity index (χ3n) is 4.36. The summed E-state index contributed by atoms with van der Waals surface area (Å²) >= 11 is 0. The zero-order valence-electron chi connectivity index (χ0n) is 13.6. The molecule has 1 aromatic heterocycles. The molecule has 2 fully saturated rings. The largest absolute Gasteiger partial charge is 0.348 e. The van der Waals surface area contributed by atoms with Crippen LogP contribution in [0.4, 0.5) is 5.95 Å². The number of aromatic nitrogens is 2. The topological polar surface area (TPSA) is 58.1 Å². The Bertz CT molecular complexity index is 531. The number of carbonyl (C=O) groups excluding carboxylic acids is 1. The molecule has 0 unspecified atom stereocenters. The summed E-state index contributed by atoms with van der Waals surface area (Å²) in [4.78, 5) is 23.9. The van der Waals surface area contributed by atoms with Crippen molar-refractivity contribution in [2.45, 2.75) is 64.3 Å². The Morgan fingerprint density at radius 2 is 1.86 bits per heavy atom. The van der Waals surface area contributed by atoms with E-state index in [2.05, 4.69) is 29.0 Å². The van der Waals surface area contributed by atoms with Gasteiger partial charge in [0.05, 0.1) is 0 Å². The fourth-order valence-corrected chi connectivity index (χ4v) is 2.76. The van der Waals surface area contributed by atoms with Crippen molar-refractivity contribution in [3.05, 3.63) is 17.5 Å². The highest BCUT2D eigenvalue weighted by Crippen LogP contribution is 2.22. The number of anilines is 1. The van der Waals surface area contributed by atoms with Crippen molar-refractivity contribution < 1.29 is 4.79 Å². The monoisotopic (exact) mass is 302 g/mol. The Labute approximate surface area is 132 Å². The van der Waals surface area contributed by atoms with E-state index in [0.29, 0.717) is 17.7 Å². The molecule has 1 aliphatic carbocycles. The van der Waals surface area contributed by atoms with Crippen molar-refractivity contribution in [2.75, 3.05) is 18.0 Å². The lowest BCUT2D eigenvalue weighted by Crippen LogP contribution is -2.30. The normalized spacial score (nSPS) is 19.1. The summed E-state index contributed by atoms with van der Waals surface area (Å²) in [5.41, 5.74) is 1.47. The number of hydrogen-bond acceptors (Lipinski definition) is 4. The standard InChI is InChI=1S/C17H26N4O/c1-12(2)14-11-15(16(22)18-13-7-8-13)20-17(19-14)21-9-5-3-4-6-10-21/h11-13H,3-10H2,1-2H3,(H,18,22). The lowest BCUT2D eigenvalue weighted by Gasteiger charge is -2.22. The molecule has 0 atom stereocenters. The number of rotatable bonds is 4. The molecule has 5 heteroatoms. The van der Waals surface area contributed by atoms with E-state index in [0.717, 1.165) is 37.6 Å². The van der Waals surface area contributed by atoms with E-state index in [-0.39, 0.29) is 5.91 Å².